The maximum absolute atomic E-state index is 6.61. The highest BCUT2D eigenvalue weighted by atomic mass is 15.2. The molecule has 0 spiro atoms. The van der Waals surface area contributed by atoms with E-state index in [9.17, 15) is 0 Å². The minimum atomic E-state index is -0.0298. The number of nitrogens with two attached hydrogens (primary N) is 1. The lowest BCUT2D eigenvalue weighted by atomic mass is 9.84. The van der Waals surface area contributed by atoms with Gasteiger partial charge >= 0.3 is 0 Å². The molecular weight excluding hydrogens is 222 g/mol. The van der Waals surface area contributed by atoms with E-state index in [-0.39, 0.29) is 5.54 Å². The molecule has 1 aromatic heterocycles. The van der Waals surface area contributed by atoms with Crippen molar-refractivity contribution in [1.82, 2.24) is 9.78 Å². The highest BCUT2D eigenvalue weighted by Gasteiger charge is 2.31. The fourth-order valence-corrected chi connectivity index (χ4v) is 3.22. The van der Waals surface area contributed by atoms with Crippen LogP contribution >= 0.6 is 0 Å². The molecule has 1 aliphatic rings. The highest BCUT2D eigenvalue weighted by Crippen LogP contribution is 2.34. The zero-order valence-electron chi connectivity index (χ0n) is 12.0. The van der Waals surface area contributed by atoms with Gasteiger partial charge in [-0.1, -0.05) is 26.7 Å². The zero-order chi connectivity index (χ0) is 13.2. The number of hydrogen-bond acceptors (Lipinski definition) is 2. The normalized spacial score (nSPS) is 29.5. The summed E-state index contributed by atoms with van der Waals surface area (Å²) in [6.45, 7) is 4.68. The Hall–Kier alpha value is -0.830. The molecule has 0 saturated heterocycles. The summed E-state index contributed by atoms with van der Waals surface area (Å²) in [5.74, 6) is 1.65. The van der Waals surface area contributed by atoms with E-state index in [1.165, 1.54) is 19.3 Å². The molecule has 2 atom stereocenters. The minimum absolute atomic E-state index is 0.0298. The molecule has 2 unspecified atom stereocenters. The average molecular weight is 249 g/mol. The van der Waals surface area contributed by atoms with Gasteiger partial charge in [-0.25, -0.2) is 0 Å². The Balaban J connectivity index is 1.98. The van der Waals surface area contributed by atoms with Gasteiger partial charge in [0, 0.05) is 25.2 Å². The lowest BCUT2D eigenvalue weighted by molar-refractivity contribution is 0.320. The Morgan fingerprint density at radius 2 is 2.22 bits per heavy atom. The smallest absolute Gasteiger partial charge is 0.0642 e. The second-order valence-electron chi connectivity index (χ2n) is 6.45. The summed E-state index contributed by atoms with van der Waals surface area (Å²) in [6.07, 6.45) is 9.12. The molecule has 1 fully saturated rings. The first kappa shape index (κ1) is 13.6. The average Bonchev–Trinajstić information content (AvgIpc) is 2.58. The van der Waals surface area contributed by atoms with Gasteiger partial charge in [0.05, 0.1) is 5.69 Å². The molecule has 1 saturated carbocycles. The van der Waals surface area contributed by atoms with Crippen LogP contribution in [0.3, 0.4) is 0 Å². The highest BCUT2D eigenvalue weighted by molar-refractivity contribution is 5.06. The molecule has 0 aliphatic heterocycles. The first-order valence-electron chi connectivity index (χ1n) is 7.26. The van der Waals surface area contributed by atoms with E-state index < -0.39 is 0 Å². The summed E-state index contributed by atoms with van der Waals surface area (Å²) in [5.41, 5.74) is 7.73. The van der Waals surface area contributed by atoms with Crippen LogP contribution in [-0.4, -0.2) is 15.3 Å². The lowest BCUT2D eigenvalue weighted by Crippen LogP contribution is -2.41. The summed E-state index contributed by atoms with van der Waals surface area (Å²) in [6, 6.07) is 2.10. The van der Waals surface area contributed by atoms with Gasteiger partial charge in [-0.2, -0.15) is 5.10 Å². The van der Waals surface area contributed by atoms with Crippen molar-refractivity contribution in [3.63, 3.8) is 0 Å². The van der Waals surface area contributed by atoms with Crippen LogP contribution in [0.1, 0.15) is 51.6 Å². The van der Waals surface area contributed by atoms with Gasteiger partial charge in [0.25, 0.3) is 0 Å². The Labute approximate surface area is 111 Å². The fourth-order valence-electron chi connectivity index (χ4n) is 3.22. The second-order valence-corrected chi connectivity index (χ2v) is 6.45. The molecule has 0 bridgehead atoms. The van der Waals surface area contributed by atoms with E-state index in [2.05, 4.69) is 25.0 Å². The summed E-state index contributed by atoms with van der Waals surface area (Å²) in [4.78, 5) is 0. The Morgan fingerprint density at radius 1 is 1.44 bits per heavy atom. The standard InChI is InChI=1S/C15H27N3/c1-12(2)13-5-4-8-15(16,9-6-13)11-14-7-10-18(3)17-14/h7,10,12-13H,4-6,8-9,11,16H2,1-3H3. The number of aromatic nitrogens is 2. The van der Waals surface area contributed by atoms with Crippen LogP contribution in [0.5, 0.6) is 0 Å². The number of hydrogen-bond donors (Lipinski definition) is 1. The van der Waals surface area contributed by atoms with Crippen LogP contribution in [0.15, 0.2) is 12.3 Å². The zero-order valence-corrected chi connectivity index (χ0v) is 12.0. The van der Waals surface area contributed by atoms with Gasteiger partial charge in [0.2, 0.25) is 0 Å². The van der Waals surface area contributed by atoms with E-state index in [1.54, 1.807) is 0 Å². The molecule has 0 amide bonds. The van der Waals surface area contributed by atoms with Crippen molar-refractivity contribution in [2.45, 2.75) is 57.9 Å². The Kier molecular flexibility index (Phi) is 4.10. The van der Waals surface area contributed by atoms with Gasteiger partial charge in [0.15, 0.2) is 0 Å². The second kappa shape index (κ2) is 5.43. The Bertz CT molecular complexity index is 383. The van der Waals surface area contributed by atoms with Crippen molar-refractivity contribution in [2.24, 2.45) is 24.6 Å². The molecule has 0 radical (unpaired) electrons. The molecule has 2 rings (SSSR count). The van der Waals surface area contributed by atoms with Crippen LogP contribution < -0.4 is 5.73 Å². The minimum Gasteiger partial charge on any atom is -0.325 e. The van der Waals surface area contributed by atoms with Crippen molar-refractivity contribution in [3.8, 4) is 0 Å². The van der Waals surface area contributed by atoms with E-state index in [0.717, 1.165) is 36.8 Å². The van der Waals surface area contributed by atoms with Crippen LogP contribution in [0, 0.1) is 11.8 Å². The first-order chi connectivity index (χ1) is 8.48. The fraction of sp³-hybridized carbons (Fsp3) is 0.800. The number of nitrogens with zero attached hydrogens (tertiary/aromatic N) is 2. The van der Waals surface area contributed by atoms with Crippen molar-refractivity contribution >= 4 is 0 Å². The molecule has 1 aromatic rings. The van der Waals surface area contributed by atoms with E-state index in [0.29, 0.717) is 0 Å². The summed E-state index contributed by atoms with van der Waals surface area (Å²) in [7, 11) is 1.97. The molecule has 18 heavy (non-hydrogen) atoms. The summed E-state index contributed by atoms with van der Waals surface area (Å²) in [5, 5.41) is 4.47. The number of aryl methyl sites for hydroxylation is 1. The van der Waals surface area contributed by atoms with Gasteiger partial charge in [-0.15, -0.1) is 0 Å². The molecule has 3 nitrogen and oxygen atoms in total. The van der Waals surface area contributed by atoms with Crippen molar-refractivity contribution in [3.05, 3.63) is 18.0 Å². The molecule has 1 aliphatic carbocycles. The molecule has 102 valence electrons. The quantitative estimate of drug-likeness (QED) is 0.837. The maximum atomic E-state index is 6.61. The van der Waals surface area contributed by atoms with Crippen LogP contribution in [0.4, 0.5) is 0 Å². The topological polar surface area (TPSA) is 43.8 Å². The maximum Gasteiger partial charge on any atom is 0.0642 e. The van der Waals surface area contributed by atoms with E-state index in [4.69, 9.17) is 5.73 Å². The largest absolute Gasteiger partial charge is 0.325 e. The first-order valence-corrected chi connectivity index (χ1v) is 7.26. The van der Waals surface area contributed by atoms with Gasteiger partial charge in [0.1, 0.15) is 0 Å². The van der Waals surface area contributed by atoms with Crippen LogP contribution in [0.25, 0.3) is 0 Å². The molecule has 0 aromatic carbocycles. The molecule has 2 N–H and O–H groups in total. The van der Waals surface area contributed by atoms with E-state index >= 15 is 0 Å². The molecule has 3 heteroatoms. The van der Waals surface area contributed by atoms with Crippen LogP contribution in [-0.2, 0) is 13.5 Å². The molecule has 1 heterocycles. The van der Waals surface area contributed by atoms with Crippen molar-refractivity contribution < 1.29 is 0 Å². The molecular formula is C15H27N3. The van der Waals surface area contributed by atoms with Crippen molar-refractivity contribution in [1.29, 1.82) is 0 Å². The third-order valence-electron chi connectivity index (χ3n) is 4.51. The third-order valence-corrected chi connectivity index (χ3v) is 4.51. The van der Waals surface area contributed by atoms with E-state index in [1.807, 2.05) is 17.9 Å². The summed E-state index contributed by atoms with van der Waals surface area (Å²) >= 11 is 0. The summed E-state index contributed by atoms with van der Waals surface area (Å²) < 4.78 is 1.87. The van der Waals surface area contributed by atoms with Gasteiger partial charge in [-0.05, 0) is 37.2 Å². The SMILES string of the molecule is CC(C)C1CCCC(N)(Cc2ccn(C)n2)CC1. The van der Waals surface area contributed by atoms with Crippen molar-refractivity contribution in [2.75, 3.05) is 0 Å². The Morgan fingerprint density at radius 3 is 2.83 bits per heavy atom. The van der Waals surface area contributed by atoms with Crippen LogP contribution in [0.2, 0.25) is 0 Å². The lowest BCUT2D eigenvalue weighted by Gasteiger charge is -2.27. The number of rotatable bonds is 3. The van der Waals surface area contributed by atoms with Gasteiger partial charge in [-0.3, -0.25) is 4.68 Å². The predicted molar refractivity (Wildman–Crippen MR) is 75.2 cm³/mol. The third kappa shape index (κ3) is 3.35. The van der Waals surface area contributed by atoms with Gasteiger partial charge < -0.3 is 5.73 Å². The predicted octanol–water partition coefficient (Wildman–Crippen LogP) is 2.90. The monoisotopic (exact) mass is 249 g/mol.